The van der Waals surface area contributed by atoms with E-state index < -0.39 is 17.6 Å². The number of hydrogen-bond donors (Lipinski definition) is 2. The van der Waals surface area contributed by atoms with Crippen molar-refractivity contribution in [3.05, 3.63) is 47.3 Å². The maximum absolute atomic E-state index is 11.9. The zero-order valence-corrected chi connectivity index (χ0v) is 10.1. The highest BCUT2D eigenvalue weighted by Crippen LogP contribution is 2.18. The first-order chi connectivity index (χ1) is 9.09. The topological polar surface area (TPSA) is 105 Å². The highest BCUT2D eigenvalue weighted by Gasteiger charge is 2.20. The van der Waals surface area contributed by atoms with Crippen LogP contribution in [0.4, 0.5) is 5.69 Å². The number of nitrogens with zero attached hydrogens (tertiary/aromatic N) is 3. The monoisotopic (exact) mass is 278 g/mol. The molecule has 1 amide bonds. The van der Waals surface area contributed by atoms with Gasteiger partial charge in [0.15, 0.2) is 16.5 Å². The molecule has 0 aliphatic carbocycles. The Balaban J connectivity index is 2.31. The Labute approximate surface area is 112 Å². The predicted molar refractivity (Wildman–Crippen MR) is 66.2 cm³/mol. The van der Waals surface area contributed by atoms with E-state index in [2.05, 4.69) is 20.3 Å². The van der Waals surface area contributed by atoms with Crippen LogP contribution in [0.5, 0.6) is 0 Å². The Hall–Kier alpha value is -2.54. The highest BCUT2D eigenvalue weighted by atomic mass is 35.5. The van der Waals surface area contributed by atoms with Crippen LogP contribution in [-0.4, -0.2) is 31.9 Å². The quantitative estimate of drug-likeness (QED) is 0.824. The van der Waals surface area contributed by atoms with E-state index in [1.54, 1.807) is 6.07 Å². The number of carbonyl (C=O) groups is 2. The number of carbonyl (C=O) groups excluding carboxylic acids is 1. The van der Waals surface area contributed by atoms with E-state index in [0.29, 0.717) is 0 Å². The zero-order chi connectivity index (χ0) is 13.8. The number of pyridine rings is 1. The number of amides is 1. The van der Waals surface area contributed by atoms with E-state index in [0.717, 1.165) is 0 Å². The molecule has 0 saturated carbocycles. The lowest BCUT2D eigenvalue weighted by Gasteiger charge is -2.06. The average Bonchev–Trinajstić information content (AvgIpc) is 2.41. The first kappa shape index (κ1) is 12.9. The average molecular weight is 279 g/mol. The molecule has 0 aliphatic heterocycles. The molecule has 0 atom stereocenters. The van der Waals surface area contributed by atoms with Crippen molar-refractivity contribution in [2.24, 2.45) is 0 Å². The Morgan fingerprint density at radius 1 is 1.11 bits per heavy atom. The molecule has 96 valence electrons. The van der Waals surface area contributed by atoms with E-state index in [1.807, 2.05) is 0 Å². The maximum Gasteiger partial charge on any atom is 0.356 e. The smallest absolute Gasteiger partial charge is 0.356 e. The van der Waals surface area contributed by atoms with Gasteiger partial charge in [0, 0.05) is 18.6 Å². The minimum absolute atomic E-state index is 0.0941. The van der Waals surface area contributed by atoms with Crippen molar-refractivity contribution in [1.82, 2.24) is 15.0 Å². The molecule has 2 aromatic rings. The number of carboxylic acid groups (broad SMARTS) is 1. The van der Waals surface area contributed by atoms with Crippen LogP contribution in [-0.2, 0) is 0 Å². The van der Waals surface area contributed by atoms with Gasteiger partial charge < -0.3 is 10.4 Å². The second-order valence-electron chi connectivity index (χ2n) is 3.35. The summed E-state index contributed by atoms with van der Waals surface area (Å²) in [6.07, 6.45) is 3.88. The van der Waals surface area contributed by atoms with Crippen LogP contribution >= 0.6 is 11.6 Å². The largest absolute Gasteiger partial charge is 0.476 e. The number of aromatic carboxylic acids is 1. The molecule has 0 aliphatic rings. The molecule has 0 spiro atoms. The lowest BCUT2D eigenvalue weighted by molar-refractivity contribution is 0.0685. The zero-order valence-electron chi connectivity index (χ0n) is 9.37. The number of nitrogens with one attached hydrogen (secondary N) is 1. The third kappa shape index (κ3) is 2.83. The van der Waals surface area contributed by atoms with E-state index >= 15 is 0 Å². The van der Waals surface area contributed by atoms with E-state index in [4.69, 9.17) is 16.7 Å². The van der Waals surface area contributed by atoms with Gasteiger partial charge in [-0.25, -0.2) is 19.7 Å². The van der Waals surface area contributed by atoms with Crippen LogP contribution in [0.25, 0.3) is 0 Å². The number of rotatable bonds is 3. The SMILES string of the molecule is O=C(O)c1nccnc1C(=O)Nc1cccnc1Cl. The second kappa shape index (κ2) is 5.40. The first-order valence-electron chi connectivity index (χ1n) is 5.05. The Kier molecular flexibility index (Phi) is 3.67. The van der Waals surface area contributed by atoms with Gasteiger partial charge in [0.2, 0.25) is 0 Å². The summed E-state index contributed by atoms with van der Waals surface area (Å²) in [4.78, 5) is 33.9. The van der Waals surface area contributed by atoms with Gasteiger partial charge in [0.25, 0.3) is 5.91 Å². The molecule has 19 heavy (non-hydrogen) atoms. The van der Waals surface area contributed by atoms with Gasteiger partial charge in [-0.15, -0.1) is 0 Å². The molecule has 7 nitrogen and oxygen atoms in total. The van der Waals surface area contributed by atoms with Crippen molar-refractivity contribution in [3.8, 4) is 0 Å². The summed E-state index contributed by atoms with van der Waals surface area (Å²) in [6, 6.07) is 3.11. The van der Waals surface area contributed by atoms with Crippen molar-refractivity contribution >= 4 is 29.2 Å². The minimum Gasteiger partial charge on any atom is -0.476 e. The summed E-state index contributed by atoms with van der Waals surface area (Å²) in [7, 11) is 0. The summed E-state index contributed by atoms with van der Waals surface area (Å²) >= 11 is 5.78. The van der Waals surface area contributed by atoms with Crippen molar-refractivity contribution in [3.63, 3.8) is 0 Å². The Morgan fingerprint density at radius 2 is 1.79 bits per heavy atom. The number of carboxylic acids is 1. The molecule has 2 rings (SSSR count). The lowest BCUT2D eigenvalue weighted by atomic mass is 10.2. The molecular weight excluding hydrogens is 272 g/mol. The van der Waals surface area contributed by atoms with Crippen LogP contribution < -0.4 is 5.32 Å². The van der Waals surface area contributed by atoms with Gasteiger partial charge in [0.1, 0.15) is 0 Å². The number of anilines is 1. The molecule has 0 unspecified atom stereocenters. The van der Waals surface area contributed by atoms with Gasteiger partial charge in [0.05, 0.1) is 5.69 Å². The summed E-state index contributed by atoms with van der Waals surface area (Å²) in [6.45, 7) is 0. The molecule has 2 heterocycles. The lowest BCUT2D eigenvalue weighted by Crippen LogP contribution is -2.19. The molecule has 0 radical (unpaired) electrons. The number of aromatic nitrogens is 3. The number of halogens is 1. The van der Waals surface area contributed by atoms with Crippen molar-refractivity contribution in [2.75, 3.05) is 5.32 Å². The third-order valence-corrected chi connectivity index (χ3v) is 2.42. The van der Waals surface area contributed by atoms with Gasteiger partial charge >= 0.3 is 5.97 Å². The van der Waals surface area contributed by atoms with Crippen molar-refractivity contribution in [1.29, 1.82) is 0 Å². The summed E-state index contributed by atoms with van der Waals surface area (Å²) in [5, 5.41) is 11.4. The molecule has 0 aromatic carbocycles. The van der Waals surface area contributed by atoms with E-state index in [-0.39, 0.29) is 16.5 Å². The molecule has 2 aromatic heterocycles. The van der Waals surface area contributed by atoms with Crippen molar-refractivity contribution < 1.29 is 14.7 Å². The fourth-order valence-corrected chi connectivity index (χ4v) is 1.49. The summed E-state index contributed by atoms with van der Waals surface area (Å²) in [5.41, 5.74) is -0.467. The maximum atomic E-state index is 11.9. The van der Waals surface area contributed by atoms with Gasteiger partial charge in [-0.1, -0.05) is 11.6 Å². The molecule has 8 heteroatoms. The fourth-order valence-electron chi connectivity index (χ4n) is 1.32. The Morgan fingerprint density at radius 3 is 2.42 bits per heavy atom. The predicted octanol–water partition coefficient (Wildman–Crippen LogP) is 1.48. The standard InChI is InChI=1S/C11H7ClN4O3/c12-9-6(2-1-3-15-9)16-10(17)7-8(11(18)19)14-5-4-13-7/h1-5H,(H,16,17)(H,18,19). The fraction of sp³-hybridized carbons (Fsp3) is 0. The van der Waals surface area contributed by atoms with E-state index in [1.165, 1.54) is 24.7 Å². The third-order valence-electron chi connectivity index (χ3n) is 2.12. The van der Waals surface area contributed by atoms with Crippen LogP contribution in [0, 0.1) is 0 Å². The normalized spacial score (nSPS) is 9.95. The molecule has 0 fully saturated rings. The van der Waals surface area contributed by atoms with Crippen LogP contribution in [0.1, 0.15) is 21.0 Å². The second-order valence-corrected chi connectivity index (χ2v) is 3.71. The van der Waals surface area contributed by atoms with Gasteiger partial charge in [-0.2, -0.15) is 0 Å². The van der Waals surface area contributed by atoms with Gasteiger partial charge in [-0.05, 0) is 12.1 Å². The van der Waals surface area contributed by atoms with Crippen LogP contribution in [0.3, 0.4) is 0 Å². The highest BCUT2D eigenvalue weighted by molar-refractivity contribution is 6.32. The van der Waals surface area contributed by atoms with Crippen molar-refractivity contribution in [2.45, 2.75) is 0 Å². The number of hydrogen-bond acceptors (Lipinski definition) is 5. The van der Waals surface area contributed by atoms with E-state index in [9.17, 15) is 9.59 Å². The molecule has 0 bridgehead atoms. The molecule has 0 saturated heterocycles. The summed E-state index contributed by atoms with van der Waals surface area (Å²) < 4.78 is 0. The van der Waals surface area contributed by atoms with Crippen LogP contribution in [0.15, 0.2) is 30.7 Å². The first-order valence-corrected chi connectivity index (χ1v) is 5.43. The molecule has 2 N–H and O–H groups in total. The van der Waals surface area contributed by atoms with Crippen LogP contribution in [0.2, 0.25) is 5.15 Å². The summed E-state index contributed by atoms with van der Waals surface area (Å²) in [5.74, 6) is -2.06. The minimum atomic E-state index is -1.34. The molecular formula is C11H7ClN4O3. The Bertz CT molecular complexity index is 647. The van der Waals surface area contributed by atoms with Gasteiger partial charge in [-0.3, -0.25) is 4.79 Å².